The summed E-state index contributed by atoms with van der Waals surface area (Å²) in [6, 6.07) is 7.76. The zero-order valence-corrected chi connectivity index (χ0v) is 12.3. The smallest absolute Gasteiger partial charge is 0.184 e. The van der Waals surface area contributed by atoms with Crippen molar-refractivity contribution < 1.29 is 0 Å². The van der Waals surface area contributed by atoms with Crippen LogP contribution in [0.3, 0.4) is 0 Å². The van der Waals surface area contributed by atoms with Crippen LogP contribution in [0.25, 0.3) is 10.9 Å². The Morgan fingerprint density at radius 3 is 3.00 bits per heavy atom. The third-order valence-electron chi connectivity index (χ3n) is 2.62. The van der Waals surface area contributed by atoms with Crippen molar-refractivity contribution >= 4 is 57.6 Å². The van der Waals surface area contributed by atoms with Gasteiger partial charge in [0.15, 0.2) is 5.11 Å². The lowest BCUT2D eigenvalue weighted by molar-refractivity contribution is 0.805. The van der Waals surface area contributed by atoms with Crippen LogP contribution in [0.1, 0.15) is 5.56 Å². The molecule has 0 radical (unpaired) electrons. The second kappa shape index (κ2) is 6.23. The van der Waals surface area contributed by atoms with Gasteiger partial charge in [-0.1, -0.05) is 23.7 Å². The van der Waals surface area contributed by atoms with E-state index in [1.54, 1.807) is 6.21 Å². The molecule has 0 atom stereocenters. The fourth-order valence-corrected chi connectivity index (χ4v) is 2.37. The Labute approximate surface area is 126 Å². The molecule has 1 heterocycles. The average Bonchev–Trinajstić information content (AvgIpc) is 2.68. The van der Waals surface area contributed by atoms with Crippen LogP contribution < -0.4 is 11.2 Å². The fraction of sp³-hybridized carbons (Fsp3) is 0.167. The van der Waals surface area contributed by atoms with Gasteiger partial charge in [-0.25, -0.2) is 0 Å². The van der Waals surface area contributed by atoms with E-state index in [0.717, 1.165) is 16.5 Å². The highest BCUT2D eigenvalue weighted by Crippen LogP contribution is 2.26. The topological polar surface area (TPSA) is 55.3 Å². The normalized spacial score (nSPS) is 11.3. The first-order chi connectivity index (χ1) is 9.13. The molecule has 0 unspecified atom stereocenters. The van der Waals surface area contributed by atoms with Crippen LogP contribution in [0, 0.1) is 0 Å². The van der Waals surface area contributed by atoms with Gasteiger partial charge in [-0.15, -0.1) is 11.6 Å². The standard InChI is InChI=1S/C12H12Cl2N4S/c13-4-5-18-10-3-1-2-8(7-16-17-12(15)19)9(10)6-11(18)14/h1-3,6-7H,4-5H2,(H3,15,17,19)/b16-7+. The molecule has 3 N–H and O–H groups in total. The Balaban J connectivity index is 2.43. The van der Waals surface area contributed by atoms with E-state index in [-0.39, 0.29) is 5.11 Å². The molecular weight excluding hydrogens is 303 g/mol. The maximum atomic E-state index is 6.21. The van der Waals surface area contributed by atoms with E-state index in [9.17, 15) is 0 Å². The van der Waals surface area contributed by atoms with Crippen molar-refractivity contribution in [1.29, 1.82) is 0 Å². The van der Waals surface area contributed by atoms with E-state index in [2.05, 4.69) is 22.7 Å². The highest BCUT2D eigenvalue weighted by atomic mass is 35.5. The highest BCUT2D eigenvalue weighted by Gasteiger charge is 2.08. The van der Waals surface area contributed by atoms with Crippen molar-refractivity contribution in [3.05, 3.63) is 35.0 Å². The van der Waals surface area contributed by atoms with Gasteiger partial charge in [-0.05, 0) is 24.4 Å². The molecule has 2 rings (SSSR count). The van der Waals surface area contributed by atoms with Crippen LogP contribution >= 0.6 is 35.4 Å². The first-order valence-corrected chi connectivity index (χ1v) is 6.88. The molecule has 4 nitrogen and oxygen atoms in total. The number of nitrogens with one attached hydrogen (secondary N) is 1. The minimum absolute atomic E-state index is 0.126. The Morgan fingerprint density at radius 1 is 1.53 bits per heavy atom. The van der Waals surface area contributed by atoms with Crippen molar-refractivity contribution in [1.82, 2.24) is 9.99 Å². The number of hydrazone groups is 1. The zero-order valence-electron chi connectivity index (χ0n) is 9.94. The van der Waals surface area contributed by atoms with Crippen LogP contribution in [0.2, 0.25) is 5.15 Å². The molecule has 1 aromatic carbocycles. The van der Waals surface area contributed by atoms with Crippen molar-refractivity contribution in [2.45, 2.75) is 6.54 Å². The summed E-state index contributed by atoms with van der Waals surface area (Å²) in [5.41, 5.74) is 9.77. The second-order valence-corrected chi connectivity index (χ2v) is 5.03. The number of nitrogens with zero attached hydrogens (tertiary/aromatic N) is 2. The maximum Gasteiger partial charge on any atom is 0.184 e. The van der Waals surface area contributed by atoms with Crippen molar-refractivity contribution in [3.8, 4) is 0 Å². The number of benzene rings is 1. The van der Waals surface area contributed by atoms with Gasteiger partial charge in [0.05, 0.1) is 6.21 Å². The predicted octanol–water partition coefficient (Wildman–Crippen LogP) is 2.70. The predicted molar refractivity (Wildman–Crippen MR) is 85.2 cm³/mol. The summed E-state index contributed by atoms with van der Waals surface area (Å²) in [7, 11) is 0. The van der Waals surface area contributed by atoms with Gasteiger partial charge in [-0.2, -0.15) is 5.10 Å². The number of nitrogens with two attached hydrogens (primary N) is 1. The van der Waals surface area contributed by atoms with E-state index >= 15 is 0 Å². The molecule has 0 saturated carbocycles. The lowest BCUT2D eigenvalue weighted by atomic mass is 10.1. The molecule has 0 fully saturated rings. The number of hydrogen-bond donors (Lipinski definition) is 2. The quantitative estimate of drug-likeness (QED) is 0.395. The van der Waals surface area contributed by atoms with Crippen molar-refractivity contribution in [2.75, 3.05) is 5.88 Å². The summed E-state index contributed by atoms with van der Waals surface area (Å²) >= 11 is 16.7. The van der Waals surface area contributed by atoms with E-state index in [1.165, 1.54) is 0 Å². The van der Waals surface area contributed by atoms with Gasteiger partial charge in [0, 0.05) is 28.9 Å². The monoisotopic (exact) mass is 314 g/mol. The first-order valence-electron chi connectivity index (χ1n) is 5.55. The fourth-order valence-electron chi connectivity index (χ4n) is 1.86. The Kier molecular flexibility index (Phi) is 4.63. The Bertz CT molecular complexity index is 636. The summed E-state index contributed by atoms with van der Waals surface area (Å²) in [4.78, 5) is 0. The van der Waals surface area contributed by atoms with Crippen molar-refractivity contribution in [3.63, 3.8) is 0 Å². The van der Waals surface area contributed by atoms with Gasteiger partial charge in [0.2, 0.25) is 0 Å². The summed E-state index contributed by atoms with van der Waals surface area (Å²) in [6.07, 6.45) is 1.66. The summed E-state index contributed by atoms with van der Waals surface area (Å²) in [5.74, 6) is 0.505. The molecule has 2 aromatic rings. The molecule has 0 saturated heterocycles. The minimum atomic E-state index is 0.126. The van der Waals surface area contributed by atoms with Gasteiger partial charge in [0.1, 0.15) is 5.15 Å². The number of rotatable bonds is 4. The van der Waals surface area contributed by atoms with Gasteiger partial charge in [-0.3, -0.25) is 5.43 Å². The summed E-state index contributed by atoms with van der Waals surface area (Å²) in [5, 5.41) is 5.74. The number of hydrogen-bond acceptors (Lipinski definition) is 2. The number of alkyl halides is 1. The second-order valence-electron chi connectivity index (χ2n) is 3.82. The number of thiocarbonyl (C=S) groups is 1. The molecule has 0 aliphatic rings. The molecule has 7 heteroatoms. The minimum Gasteiger partial charge on any atom is -0.375 e. The number of fused-ring (bicyclic) bond motifs is 1. The van der Waals surface area contributed by atoms with E-state index in [0.29, 0.717) is 17.6 Å². The van der Waals surface area contributed by atoms with Crippen LogP contribution in [-0.2, 0) is 6.54 Å². The van der Waals surface area contributed by atoms with Gasteiger partial charge < -0.3 is 10.3 Å². The molecule has 0 aliphatic heterocycles. The molecule has 0 bridgehead atoms. The van der Waals surface area contributed by atoms with E-state index in [4.69, 9.17) is 28.9 Å². The first kappa shape index (κ1) is 14.1. The van der Waals surface area contributed by atoms with Crippen LogP contribution in [0.15, 0.2) is 29.4 Å². The summed E-state index contributed by atoms with van der Waals surface area (Å²) < 4.78 is 1.96. The van der Waals surface area contributed by atoms with Crippen molar-refractivity contribution in [2.24, 2.45) is 10.8 Å². The van der Waals surface area contributed by atoms with Gasteiger partial charge >= 0.3 is 0 Å². The molecule has 0 spiro atoms. The Morgan fingerprint density at radius 2 is 2.32 bits per heavy atom. The lowest BCUT2D eigenvalue weighted by Gasteiger charge is -2.04. The third-order valence-corrected chi connectivity index (χ3v) is 3.19. The molecule has 19 heavy (non-hydrogen) atoms. The molecule has 0 aliphatic carbocycles. The third kappa shape index (κ3) is 3.18. The van der Waals surface area contributed by atoms with Crippen LogP contribution in [0.4, 0.5) is 0 Å². The number of aryl methyl sites for hydroxylation is 1. The SMILES string of the molecule is NC(=S)N/N=C/c1cccc2c1cc(Cl)n2CCCl. The molecular formula is C12H12Cl2N4S. The van der Waals surface area contributed by atoms with E-state index < -0.39 is 0 Å². The Hall–Kier alpha value is -1.30. The van der Waals surface area contributed by atoms with Gasteiger partial charge in [0.25, 0.3) is 0 Å². The molecule has 0 amide bonds. The average molecular weight is 315 g/mol. The zero-order chi connectivity index (χ0) is 13.8. The highest BCUT2D eigenvalue weighted by molar-refractivity contribution is 7.80. The molecule has 1 aromatic heterocycles. The lowest BCUT2D eigenvalue weighted by Crippen LogP contribution is -2.23. The van der Waals surface area contributed by atoms with Crippen LogP contribution in [-0.4, -0.2) is 21.8 Å². The summed E-state index contributed by atoms with van der Waals surface area (Å²) in [6.45, 7) is 0.662. The number of aromatic nitrogens is 1. The number of halogens is 2. The van der Waals surface area contributed by atoms with E-state index in [1.807, 2.05) is 28.8 Å². The largest absolute Gasteiger partial charge is 0.375 e. The van der Waals surface area contributed by atoms with Crippen LogP contribution in [0.5, 0.6) is 0 Å². The molecule has 100 valence electrons. The maximum absolute atomic E-state index is 6.21.